The van der Waals surface area contributed by atoms with E-state index in [1.165, 1.54) is 51.1 Å². The fourth-order valence-electron chi connectivity index (χ4n) is 4.67. The van der Waals surface area contributed by atoms with Gasteiger partial charge < -0.3 is 14.8 Å². The molecule has 3 aromatic rings. The van der Waals surface area contributed by atoms with Crippen LogP contribution in [0, 0.1) is 19.8 Å². The maximum absolute atomic E-state index is 12.3. The first-order chi connectivity index (χ1) is 18.5. The van der Waals surface area contributed by atoms with Crippen molar-refractivity contribution in [2.24, 2.45) is 5.92 Å². The van der Waals surface area contributed by atoms with Crippen molar-refractivity contribution in [3.63, 3.8) is 0 Å². The molecule has 210 valence electrons. The van der Waals surface area contributed by atoms with Gasteiger partial charge in [-0.05, 0) is 90.1 Å². The van der Waals surface area contributed by atoms with Crippen molar-refractivity contribution in [2.75, 3.05) is 20.3 Å². The number of rotatable bonds is 12. The predicted octanol–water partition coefficient (Wildman–Crippen LogP) is 7.66. The molecular weight excluding hydrogens is 506 g/mol. The van der Waals surface area contributed by atoms with E-state index in [2.05, 4.69) is 88.0 Å². The number of amides is 1. The molecule has 0 radical (unpaired) electrons. The van der Waals surface area contributed by atoms with Gasteiger partial charge in [0.2, 0.25) is 0 Å². The summed E-state index contributed by atoms with van der Waals surface area (Å²) in [6, 6.07) is 17.1. The molecule has 0 fully saturated rings. The van der Waals surface area contributed by atoms with Gasteiger partial charge in [-0.2, -0.15) is 0 Å². The summed E-state index contributed by atoms with van der Waals surface area (Å²) in [4.78, 5) is 25.4. The average Bonchev–Trinajstić information content (AvgIpc) is 3.37. The molecule has 1 heterocycles. The summed E-state index contributed by atoms with van der Waals surface area (Å²) >= 11 is 1.51. The number of carbonyl (C=O) groups excluding carboxylic acids is 2. The molecule has 0 saturated heterocycles. The number of benzene rings is 2. The van der Waals surface area contributed by atoms with Gasteiger partial charge in [-0.15, -0.1) is 11.3 Å². The SMILES string of the molecule is CCC(CCc1ccc(C(=O)NCCC(=O)OC)s1)COc1cc(C)c(-c2ccc(C(C)(C)C)cc2)c(C)c1. The van der Waals surface area contributed by atoms with Gasteiger partial charge in [0.1, 0.15) is 5.75 Å². The number of hydrogen-bond donors (Lipinski definition) is 1. The molecule has 0 aliphatic carbocycles. The van der Waals surface area contributed by atoms with Crippen LogP contribution in [-0.2, 0) is 21.4 Å². The van der Waals surface area contributed by atoms with E-state index < -0.39 is 0 Å². The molecule has 0 saturated carbocycles. The van der Waals surface area contributed by atoms with Crippen molar-refractivity contribution in [3.8, 4) is 16.9 Å². The number of hydrogen-bond acceptors (Lipinski definition) is 5. The van der Waals surface area contributed by atoms with E-state index in [1.807, 2.05) is 12.1 Å². The van der Waals surface area contributed by atoms with E-state index in [4.69, 9.17) is 4.74 Å². The molecule has 39 heavy (non-hydrogen) atoms. The number of aryl methyl sites for hydroxylation is 3. The van der Waals surface area contributed by atoms with Crippen molar-refractivity contribution >= 4 is 23.2 Å². The highest BCUT2D eigenvalue weighted by molar-refractivity contribution is 7.14. The molecule has 1 atom stereocenters. The molecule has 1 unspecified atom stereocenters. The Morgan fingerprint density at radius 2 is 1.67 bits per heavy atom. The van der Waals surface area contributed by atoms with E-state index in [0.29, 0.717) is 17.4 Å². The molecule has 1 N–H and O–H groups in total. The lowest BCUT2D eigenvalue weighted by atomic mass is 9.85. The van der Waals surface area contributed by atoms with Crippen LogP contribution in [0.3, 0.4) is 0 Å². The Labute approximate surface area is 237 Å². The number of thiophene rings is 1. The Hall–Kier alpha value is -3.12. The summed E-state index contributed by atoms with van der Waals surface area (Å²) in [5.74, 6) is 0.863. The lowest BCUT2D eigenvalue weighted by molar-refractivity contribution is -0.140. The molecule has 3 rings (SSSR count). The van der Waals surface area contributed by atoms with Crippen LogP contribution < -0.4 is 10.1 Å². The summed E-state index contributed by atoms with van der Waals surface area (Å²) < 4.78 is 10.9. The zero-order valence-corrected chi connectivity index (χ0v) is 25.3. The Kier molecular flexibility index (Phi) is 10.8. The molecule has 0 bridgehead atoms. The van der Waals surface area contributed by atoms with Crippen LogP contribution in [0.25, 0.3) is 11.1 Å². The van der Waals surface area contributed by atoms with E-state index in [0.717, 1.165) is 25.0 Å². The quantitative estimate of drug-likeness (QED) is 0.236. The van der Waals surface area contributed by atoms with E-state index >= 15 is 0 Å². The third-order valence-electron chi connectivity index (χ3n) is 7.14. The summed E-state index contributed by atoms with van der Waals surface area (Å²) in [5.41, 5.74) is 6.43. The summed E-state index contributed by atoms with van der Waals surface area (Å²) in [7, 11) is 1.34. The number of carbonyl (C=O) groups is 2. The summed E-state index contributed by atoms with van der Waals surface area (Å²) in [6.45, 7) is 14.2. The van der Waals surface area contributed by atoms with Gasteiger partial charge in [0.25, 0.3) is 5.91 Å². The number of esters is 1. The molecule has 0 aliphatic heterocycles. The van der Waals surface area contributed by atoms with Crippen LogP contribution in [0.1, 0.15) is 78.2 Å². The fraction of sp³-hybridized carbons (Fsp3) is 0.455. The zero-order chi connectivity index (χ0) is 28.6. The molecule has 1 amide bonds. The molecule has 0 spiro atoms. The van der Waals surface area contributed by atoms with Crippen LogP contribution in [0.15, 0.2) is 48.5 Å². The highest BCUT2D eigenvalue weighted by Crippen LogP contribution is 2.33. The van der Waals surface area contributed by atoms with Crippen molar-refractivity contribution in [3.05, 3.63) is 75.0 Å². The molecular formula is C33H43NO4S. The standard InChI is InChI=1S/C33H43NO4S/c1-8-24(9-14-28-15-16-29(39-28)32(36)34-18-17-30(35)37-7)21-38-27-19-22(2)31(23(3)20-27)25-10-12-26(13-11-25)33(4,5)6/h10-13,15-16,19-20,24H,8-9,14,17-18,21H2,1-7H3,(H,34,36). The molecule has 2 aromatic carbocycles. The summed E-state index contributed by atoms with van der Waals surface area (Å²) in [6.07, 6.45) is 3.10. The Morgan fingerprint density at radius 3 is 2.26 bits per heavy atom. The van der Waals surface area contributed by atoms with Gasteiger partial charge in [-0.25, -0.2) is 0 Å². The van der Waals surface area contributed by atoms with Crippen molar-refractivity contribution < 1.29 is 19.1 Å². The second kappa shape index (κ2) is 13.8. The first-order valence-electron chi connectivity index (χ1n) is 13.8. The molecule has 0 aliphatic rings. The van der Waals surface area contributed by atoms with Gasteiger partial charge >= 0.3 is 5.97 Å². The van der Waals surface area contributed by atoms with Crippen LogP contribution >= 0.6 is 11.3 Å². The number of nitrogens with one attached hydrogen (secondary N) is 1. The van der Waals surface area contributed by atoms with Gasteiger partial charge in [-0.1, -0.05) is 58.4 Å². The highest BCUT2D eigenvalue weighted by atomic mass is 32.1. The first kappa shape index (κ1) is 30.4. The lowest BCUT2D eigenvalue weighted by Gasteiger charge is -2.20. The monoisotopic (exact) mass is 549 g/mol. The molecule has 5 nitrogen and oxygen atoms in total. The Balaban J connectivity index is 1.54. The number of ether oxygens (including phenoxy) is 2. The fourth-order valence-corrected chi connectivity index (χ4v) is 5.61. The third kappa shape index (κ3) is 8.69. The molecule has 1 aromatic heterocycles. The highest BCUT2D eigenvalue weighted by Gasteiger charge is 2.16. The number of methoxy groups -OCH3 is 1. The van der Waals surface area contributed by atoms with Crippen molar-refractivity contribution in [1.29, 1.82) is 0 Å². The third-order valence-corrected chi connectivity index (χ3v) is 8.28. The smallest absolute Gasteiger partial charge is 0.307 e. The maximum Gasteiger partial charge on any atom is 0.307 e. The van der Waals surface area contributed by atoms with Crippen molar-refractivity contribution in [2.45, 2.75) is 72.6 Å². The van der Waals surface area contributed by atoms with Gasteiger partial charge in [-0.3, -0.25) is 9.59 Å². The van der Waals surface area contributed by atoms with E-state index in [-0.39, 0.29) is 30.3 Å². The minimum absolute atomic E-state index is 0.142. The Morgan fingerprint density at radius 1 is 1.00 bits per heavy atom. The second-order valence-electron chi connectivity index (χ2n) is 11.2. The van der Waals surface area contributed by atoms with Crippen molar-refractivity contribution in [1.82, 2.24) is 5.32 Å². The zero-order valence-electron chi connectivity index (χ0n) is 24.5. The average molecular weight is 550 g/mol. The first-order valence-corrected chi connectivity index (χ1v) is 14.6. The lowest BCUT2D eigenvalue weighted by Crippen LogP contribution is -2.25. The minimum Gasteiger partial charge on any atom is -0.493 e. The molecule has 6 heteroatoms. The predicted molar refractivity (Wildman–Crippen MR) is 161 cm³/mol. The van der Waals surface area contributed by atoms with E-state index in [9.17, 15) is 9.59 Å². The van der Waals surface area contributed by atoms with Crippen LogP contribution in [0.5, 0.6) is 5.75 Å². The largest absolute Gasteiger partial charge is 0.493 e. The van der Waals surface area contributed by atoms with Crippen LogP contribution in [0.2, 0.25) is 0 Å². The van der Waals surface area contributed by atoms with Crippen LogP contribution in [-0.4, -0.2) is 32.1 Å². The van der Waals surface area contributed by atoms with Gasteiger partial charge in [0.15, 0.2) is 0 Å². The van der Waals surface area contributed by atoms with E-state index in [1.54, 1.807) is 0 Å². The topological polar surface area (TPSA) is 64.6 Å². The Bertz CT molecular complexity index is 1230. The summed E-state index contributed by atoms with van der Waals surface area (Å²) in [5, 5.41) is 2.77. The second-order valence-corrected chi connectivity index (χ2v) is 12.4. The normalized spacial score (nSPS) is 12.2. The van der Waals surface area contributed by atoms with Gasteiger partial charge in [0, 0.05) is 11.4 Å². The maximum atomic E-state index is 12.3. The van der Waals surface area contributed by atoms with Gasteiger partial charge in [0.05, 0.1) is 25.0 Å². The van der Waals surface area contributed by atoms with Crippen LogP contribution in [0.4, 0.5) is 0 Å². The minimum atomic E-state index is -0.331.